The molecule has 0 fully saturated rings. The van der Waals surface area contributed by atoms with Gasteiger partial charge in [0.2, 0.25) is 0 Å². The Bertz CT molecular complexity index is 573. The summed E-state index contributed by atoms with van der Waals surface area (Å²) in [6.45, 7) is 5.68. The molecule has 0 aliphatic rings. The average molecular weight is 327 g/mol. The molecule has 23 heavy (non-hydrogen) atoms. The van der Waals surface area contributed by atoms with Crippen LogP contribution in [0.15, 0.2) is 66.4 Å². The highest BCUT2D eigenvalue weighted by Gasteiger charge is 2.37. The second-order valence-electron chi connectivity index (χ2n) is 5.47. The molecule has 0 aliphatic carbocycles. The molecule has 0 radical (unpaired) electrons. The molecule has 0 heterocycles. The largest absolute Gasteiger partial charge is 0.399 e. The fourth-order valence-electron chi connectivity index (χ4n) is 2.35. The van der Waals surface area contributed by atoms with E-state index in [1.807, 2.05) is 24.3 Å². The number of rotatable bonds is 9. The Morgan fingerprint density at radius 3 is 1.83 bits per heavy atom. The highest BCUT2D eigenvalue weighted by Crippen LogP contribution is 2.14. The zero-order valence-electron chi connectivity index (χ0n) is 14.1. The molecular formula is C20H26O2Si. The second-order valence-corrected chi connectivity index (χ2v) is 8.30. The molecule has 0 spiro atoms. The third-order valence-corrected chi connectivity index (χ3v) is 6.52. The van der Waals surface area contributed by atoms with Gasteiger partial charge < -0.3 is 8.85 Å². The molecular weight excluding hydrogens is 300 g/mol. The summed E-state index contributed by atoms with van der Waals surface area (Å²) >= 11 is 0. The Morgan fingerprint density at radius 2 is 1.30 bits per heavy atom. The predicted octanol–water partition coefficient (Wildman–Crippen LogP) is 4.44. The molecule has 0 aliphatic heterocycles. The minimum absolute atomic E-state index is 0.712. The summed E-state index contributed by atoms with van der Waals surface area (Å²) in [6, 6.07) is 20.7. The lowest BCUT2D eigenvalue weighted by Crippen LogP contribution is -2.53. The molecule has 0 unspecified atom stereocenters. The molecule has 2 nitrogen and oxygen atoms in total. The van der Waals surface area contributed by atoms with E-state index in [-0.39, 0.29) is 0 Å². The van der Waals surface area contributed by atoms with Crippen LogP contribution in [0.1, 0.15) is 32.3 Å². The van der Waals surface area contributed by atoms with E-state index < -0.39 is 8.56 Å². The fourth-order valence-corrected chi connectivity index (χ4v) is 5.23. The Hall–Kier alpha value is -1.68. The normalized spacial score (nSPS) is 11.9. The molecule has 0 amide bonds. The lowest BCUT2D eigenvalue weighted by molar-refractivity contribution is 0.190. The van der Waals surface area contributed by atoms with Gasteiger partial charge in [-0.1, -0.05) is 80.6 Å². The van der Waals surface area contributed by atoms with E-state index in [9.17, 15) is 0 Å². The van der Waals surface area contributed by atoms with Gasteiger partial charge in [0.1, 0.15) is 0 Å². The van der Waals surface area contributed by atoms with E-state index >= 15 is 0 Å². The van der Waals surface area contributed by atoms with E-state index in [0.29, 0.717) is 13.2 Å². The maximum atomic E-state index is 6.32. The molecule has 122 valence electrons. The van der Waals surface area contributed by atoms with Gasteiger partial charge in [-0.15, -0.1) is 0 Å². The highest BCUT2D eigenvalue weighted by atomic mass is 28.4. The fraction of sp³-hybridized carbons (Fsp3) is 0.300. The van der Waals surface area contributed by atoms with Gasteiger partial charge in [0.25, 0.3) is 0 Å². The Labute approximate surface area is 141 Å². The van der Waals surface area contributed by atoms with Crippen LogP contribution in [-0.2, 0) is 8.85 Å². The first kappa shape index (κ1) is 17.7. The first-order chi connectivity index (χ1) is 11.3. The van der Waals surface area contributed by atoms with E-state index in [0.717, 1.165) is 18.0 Å². The standard InChI is InChI=1S/C20H26O2Si/c1-3-16-21-23(22-17-4-2,20-13-9-6-10-14-20)18-15-19-11-7-5-8-12-19/h5-15,18H,3-4,16-17H2,1-2H3. The monoisotopic (exact) mass is 326 g/mol. The van der Waals surface area contributed by atoms with Gasteiger partial charge in [-0.05, 0) is 29.3 Å². The van der Waals surface area contributed by atoms with Crippen LogP contribution in [0.4, 0.5) is 0 Å². The van der Waals surface area contributed by atoms with Gasteiger partial charge >= 0.3 is 8.56 Å². The van der Waals surface area contributed by atoms with Crippen LogP contribution in [-0.4, -0.2) is 21.8 Å². The quantitative estimate of drug-likeness (QED) is 0.634. The number of benzene rings is 2. The van der Waals surface area contributed by atoms with Crippen molar-refractivity contribution < 1.29 is 8.85 Å². The molecule has 0 aromatic heterocycles. The van der Waals surface area contributed by atoms with Crippen molar-refractivity contribution in [3.63, 3.8) is 0 Å². The van der Waals surface area contributed by atoms with Crippen LogP contribution < -0.4 is 5.19 Å². The van der Waals surface area contributed by atoms with Crippen LogP contribution in [0.5, 0.6) is 0 Å². The highest BCUT2D eigenvalue weighted by molar-refractivity contribution is 6.86. The molecule has 0 N–H and O–H groups in total. The average Bonchev–Trinajstić information content (AvgIpc) is 2.63. The van der Waals surface area contributed by atoms with Gasteiger partial charge in [-0.25, -0.2) is 0 Å². The van der Waals surface area contributed by atoms with Gasteiger partial charge in [-0.2, -0.15) is 0 Å². The topological polar surface area (TPSA) is 18.5 Å². The van der Waals surface area contributed by atoms with Gasteiger partial charge in [0.05, 0.1) is 0 Å². The first-order valence-electron chi connectivity index (χ1n) is 8.38. The van der Waals surface area contributed by atoms with Crippen LogP contribution in [0, 0.1) is 0 Å². The van der Waals surface area contributed by atoms with Crippen molar-refractivity contribution in [3.05, 3.63) is 71.9 Å². The third-order valence-electron chi connectivity index (χ3n) is 3.51. The summed E-state index contributed by atoms with van der Waals surface area (Å²) in [5.41, 5.74) is 3.34. The predicted molar refractivity (Wildman–Crippen MR) is 99.8 cm³/mol. The molecule has 0 saturated carbocycles. The summed E-state index contributed by atoms with van der Waals surface area (Å²) < 4.78 is 12.6. The molecule has 0 saturated heterocycles. The molecule has 2 aromatic carbocycles. The van der Waals surface area contributed by atoms with Crippen LogP contribution >= 0.6 is 0 Å². The molecule has 0 bridgehead atoms. The van der Waals surface area contributed by atoms with Crippen molar-refractivity contribution in [2.75, 3.05) is 13.2 Å². The van der Waals surface area contributed by atoms with Gasteiger partial charge in [0, 0.05) is 13.2 Å². The summed E-state index contributed by atoms with van der Waals surface area (Å²) in [7, 11) is -2.58. The lowest BCUT2D eigenvalue weighted by atomic mass is 10.2. The van der Waals surface area contributed by atoms with Crippen LogP contribution in [0.2, 0.25) is 0 Å². The van der Waals surface area contributed by atoms with E-state index in [1.165, 1.54) is 5.56 Å². The summed E-state index contributed by atoms with van der Waals surface area (Å²) in [5.74, 6) is 0. The Kier molecular flexibility index (Phi) is 7.26. The second kappa shape index (κ2) is 9.45. The Morgan fingerprint density at radius 1 is 0.783 bits per heavy atom. The maximum absolute atomic E-state index is 6.32. The molecule has 0 atom stereocenters. The maximum Gasteiger partial charge on any atom is 0.399 e. The lowest BCUT2D eigenvalue weighted by Gasteiger charge is -2.28. The number of hydrogen-bond acceptors (Lipinski definition) is 2. The zero-order chi connectivity index (χ0) is 16.4. The van der Waals surface area contributed by atoms with Crippen molar-refractivity contribution in [3.8, 4) is 0 Å². The van der Waals surface area contributed by atoms with E-state index in [2.05, 4.69) is 62.0 Å². The summed E-state index contributed by atoms with van der Waals surface area (Å²) in [6.07, 6.45) is 4.09. The molecule has 3 heteroatoms. The van der Waals surface area contributed by atoms with Crippen molar-refractivity contribution >= 4 is 19.8 Å². The molecule has 2 rings (SSSR count). The van der Waals surface area contributed by atoms with Crippen molar-refractivity contribution in [1.29, 1.82) is 0 Å². The van der Waals surface area contributed by atoms with E-state index in [4.69, 9.17) is 8.85 Å². The SMILES string of the molecule is CCCO[Si](C=Cc1ccccc1)(OCCC)c1ccccc1. The summed E-state index contributed by atoms with van der Waals surface area (Å²) in [4.78, 5) is 0. The minimum atomic E-state index is -2.58. The van der Waals surface area contributed by atoms with Crippen LogP contribution in [0.25, 0.3) is 6.08 Å². The Balaban J connectivity index is 2.36. The minimum Gasteiger partial charge on any atom is -0.388 e. The zero-order valence-corrected chi connectivity index (χ0v) is 15.1. The number of hydrogen-bond donors (Lipinski definition) is 0. The molecule has 2 aromatic rings. The summed E-state index contributed by atoms with van der Waals surface area (Å²) in [5, 5.41) is 1.16. The first-order valence-corrected chi connectivity index (χ1v) is 10.3. The van der Waals surface area contributed by atoms with Crippen molar-refractivity contribution in [2.24, 2.45) is 0 Å². The smallest absolute Gasteiger partial charge is 0.388 e. The van der Waals surface area contributed by atoms with Crippen molar-refractivity contribution in [1.82, 2.24) is 0 Å². The van der Waals surface area contributed by atoms with Crippen LogP contribution in [0.3, 0.4) is 0 Å². The third kappa shape index (κ3) is 5.17. The van der Waals surface area contributed by atoms with Gasteiger partial charge in [-0.3, -0.25) is 0 Å². The van der Waals surface area contributed by atoms with Crippen molar-refractivity contribution in [2.45, 2.75) is 26.7 Å². The van der Waals surface area contributed by atoms with E-state index in [1.54, 1.807) is 0 Å². The van der Waals surface area contributed by atoms with Gasteiger partial charge in [0.15, 0.2) is 0 Å².